The molecule has 1 amide bonds. The van der Waals surface area contributed by atoms with E-state index in [9.17, 15) is 14.0 Å². The lowest BCUT2D eigenvalue weighted by Gasteiger charge is -2.22. The molecular formula is C27H23FN4O2S. The van der Waals surface area contributed by atoms with Gasteiger partial charge in [-0.05, 0) is 36.8 Å². The van der Waals surface area contributed by atoms with E-state index in [0.29, 0.717) is 22.6 Å². The second kappa shape index (κ2) is 11.0. The third-order valence-corrected chi connectivity index (χ3v) is 6.47. The van der Waals surface area contributed by atoms with E-state index < -0.39 is 5.82 Å². The highest BCUT2D eigenvalue weighted by Gasteiger charge is 2.20. The molecule has 1 heterocycles. The summed E-state index contributed by atoms with van der Waals surface area (Å²) in [6.45, 7) is 2.37. The number of aryl methyl sites for hydroxylation is 1. The maximum atomic E-state index is 14.4. The van der Waals surface area contributed by atoms with Crippen LogP contribution in [-0.4, -0.2) is 27.8 Å². The molecule has 1 aromatic heterocycles. The van der Waals surface area contributed by atoms with Gasteiger partial charge in [0.15, 0.2) is 5.16 Å². The second-order valence-corrected chi connectivity index (χ2v) is 8.92. The molecule has 0 unspecified atom stereocenters. The Morgan fingerprint density at radius 3 is 2.54 bits per heavy atom. The first kappa shape index (κ1) is 24.2. The SMILES string of the molecule is Cc1ccc(Cn2c(SCC(=O)N(CCC#N)c3ccccc3F)nc3ccccc3c2=O)cc1. The van der Waals surface area contributed by atoms with E-state index in [-0.39, 0.29) is 35.9 Å². The van der Waals surface area contributed by atoms with Gasteiger partial charge in [-0.3, -0.25) is 14.2 Å². The summed E-state index contributed by atoms with van der Waals surface area (Å²) in [5.74, 6) is -0.984. The van der Waals surface area contributed by atoms with Crippen LogP contribution in [0.1, 0.15) is 17.5 Å². The molecule has 3 aromatic carbocycles. The van der Waals surface area contributed by atoms with Crippen LogP contribution in [0.4, 0.5) is 10.1 Å². The molecule has 0 bridgehead atoms. The van der Waals surface area contributed by atoms with Gasteiger partial charge in [0, 0.05) is 6.54 Å². The number of nitriles is 1. The summed E-state index contributed by atoms with van der Waals surface area (Å²) in [7, 11) is 0. The molecular weight excluding hydrogens is 463 g/mol. The molecule has 0 fully saturated rings. The molecule has 0 radical (unpaired) electrons. The van der Waals surface area contributed by atoms with Crippen LogP contribution in [0, 0.1) is 24.1 Å². The number of thioether (sulfide) groups is 1. The van der Waals surface area contributed by atoms with Gasteiger partial charge in [0.25, 0.3) is 5.56 Å². The van der Waals surface area contributed by atoms with E-state index in [2.05, 4.69) is 4.98 Å². The first-order valence-electron chi connectivity index (χ1n) is 11.1. The molecule has 0 aliphatic carbocycles. The molecule has 0 saturated carbocycles. The fraction of sp³-hybridized carbons (Fsp3) is 0.185. The van der Waals surface area contributed by atoms with Gasteiger partial charge in [-0.2, -0.15) is 5.26 Å². The Hall–Kier alpha value is -3.96. The van der Waals surface area contributed by atoms with E-state index in [1.807, 2.05) is 37.3 Å². The number of benzene rings is 3. The number of halogens is 1. The molecule has 0 aliphatic rings. The number of aromatic nitrogens is 2. The number of carbonyl (C=O) groups is 1. The van der Waals surface area contributed by atoms with Crippen LogP contribution >= 0.6 is 11.8 Å². The standard InChI is InChI=1S/C27H23FN4O2S/c1-19-11-13-20(14-12-19)17-32-26(34)21-7-2-4-9-23(21)30-27(32)35-18-25(33)31(16-6-15-29)24-10-5-3-8-22(24)28/h2-5,7-14H,6,16-18H2,1H3. The largest absolute Gasteiger partial charge is 0.308 e. The number of para-hydroxylation sites is 2. The van der Waals surface area contributed by atoms with Gasteiger partial charge < -0.3 is 4.90 Å². The molecule has 0 N–H and O–H groups in total. The predicted molar refractivity (Wildman–Crippen MR) is 136 cm³/mol. The monoisotopic (exact) mass is 486 g/mol. The Balaban J connectivity index is 1.66. The summed E-state index contributed by atoms with van der Waals surface area (Å²) in [4.78, 5) is 32.4. The Morgan fingerprint density at radius 2 is 1.80 bits per heavy atom. The number of nitrogens with zero attached hydrogens (tertiary/aromatic N) is 4. The minimum absolute atomic E-state index is 0.0666. The van der Waals surface area contributed by atoms with Crippen LogP contribution < -0.4 is 10.5 Å². The van der Waals surface area contributed by atoms with Crippen molar-refractivity contribution in [1.82, 2.24) is 9.55 Å². The molecule has 0 spiro atoms. The number of fused-ring (bicyclic) bond motifs is 1. The van der Waals surface area contributed by atoms with Crippen molar-refractivity contribution in [3.8, 4) is 6.07 Å². The van der Waals surface area contributed by atoms with Crippen molar-refractivity contribution in [3.63, 3.8) is 0 Å². The van der Waals surface area contributed by atoms with E-state index in [1.54, 1.807) is 41.0 Å². The van der Waals surface area contributed by atoms with Crippen LogP contribution in [0.25, 0.3) is 10.9 Å². The van der Waals surface area contributed by atoms with Crippen molar-refractivity contribution in [2.75, 3.05) is 17.2 Å². The highest BCUT2D eigenvalue weighted by atomic mass is 32.2. The third-order valence-electron chi connectivity index (χ3n) is 5.50. The van der Waals surface area contributed by atoms with Gasteiger partial charge in [-0.1, -0.05) is 65.9 Å². The first-order chi connectivity index (χ1) is 17.0. The Bertz CT molecular complexity index is 1460. The lowest BCUT2D eigenvalue weighted by molar-refractivity contribution is -0.116. The quantitative estimate of drug-likeness (QED) is 0.261. The van der Waals surface area contributed by atoms with Crippen molar-refractivity contribution in [3.05, 3.63) is 100 Å². The highest BCUT2D eigenvalue weighted by molar-refractivity contribution is 7.99. The average molecular weight is 487 g/mol. The fourth-order valence-electron chi connectivity index (χ4n) is 3.69. The van der Waals surface area contributed by atoms with Gasteiger partial charge in [0.05, 0.1) is 41.4 Å². The summed E-state index contributed by atoms with van der Waals surface area (Å²) in [6.07, 6.45) is 0.0666. The molecule has 0 aliphatic heterocycles. The van der Waals surface area contributed by atoms with Gasteiger partial charge in [-0.15, -0.1) is 0 Å². The summed E-state index contributed by atoms with van der Waals surface area (Å²) in [5, 5.41) is 9.91. The van der Waals surface area contributed by atoms with Crippen LogP contribution in [0.2, 0.25) is 0 Å². The van der Waals surface area contributed by atoms with Gasteiger partial charge in [-0.25, -0.2) is 9.37 Å². The number of amides is 1. The van der Waals surface area contributed by atoms with Crippen LogP contribution in [0.5, 0.6) is 0 Å². The lowest BCUT2D eigenvalue weighted by atomic mass is 10.1. The van der Waals surface area contributed by atoms with Gasteiger partial charge in [0.1, 0.15) is 5.82 Å². The fourth-order valence-corrected chi connectivity index (χ4v) is 4.56. The Morgan fingerprint density at radius 1 is 1.09 bits per heavy atom. The smallest absolute Gasteiger partial charge is 0.262 e. The van der Waals surface area contributed by atoms with Crippen molar-refractivity contribution in [1.29, 1.82) is 5.26 Å². The molecule has 4 aromatic rings. The normalized spacial score (nSPS) is 10.8. The maximum absolute atomic E-state index is 14.4. The summed E-state index contributed by atoms with van der Waals surface area (Å²) >= 11 is 1.12. The Kier molecular flexibility index (Phi) is 7.58. The second-order valence-electron chi connectivity index (χ2n) is 7.98. The predicted octanol–water partition coefficient (Wildman–Crippen LogP) is 4.93. The van der Waals surface area contributed by atoms with E-state index in [4.69, 9.17) is 5.26 Å². The zero-order valence-corrected chi connectivity index (χ0v) is 20.0. The average Bonchev–Trinajstić information content (AvgIpc) is 2.87. The van der Waals surface area contributed by atoms with Crippen LogP contribution in [0.15, 0.2) is 82.7 Å². The zero-order valence-electron chi connectivity index (χ0n) is 19.1. The molecule has 35 heavy (non-hydrogen) atoms. The summed E-state index contributed by atoms with van der Waals surface area (Å²) < 4.78 is 16.0. The van der Waals surface area contributed by atoms with Gasteiger partial charge in [0.2, 0.25) is 5.91 Å². The van der Waals surface area contributed by atoms with Gasteiger partial charge >= 0.3 is 0 Å². The maximum Gasteiger partial charge on any atom is 0.262 e. The van der Waals surface area contributed by atoms with Crippen molar-refractivity contribution < 1.29 is 9.18 Å². The summed E-state index contributed by atoms with van der Waals surface area (Å²) in [6, 6.07) is 22.9. The number of hydrogen-bond acceptors (Lipinski definition) is 5. The Labute approximate surface area is 206 Å². The van der Waals surface area contributed by atoms with E-state index in [1.165, 1.54) is 17.0 Å². The van der Waals surface area contributed by atoms with Crippen LogP contribution in [0.3, 0.4) is 0 Å². The number of rotatable bonds is 8. The highest BCUT2D eigenvalue weighted by Crippen LogP contribution is 2.23. The number of hydrogen-bond donors (Lipinski definition) is 0. The minimum Gasteiger partial charge on any atom is -0.308 e. The molecule has 0 atom stereocenters. The molecule has 0 saturated heterocycles. The van der Waals surface area contributed by atoms with E-state index >= 15 is 0 Å². The minimum atomic E-state index is -0.538. The van der Waals surface area contributed by atoms with E-state index in [0.717, 1.165) is 22.9 Å². The van der Waals surface area contributed by atoms with Crippen molar-refractivity contribution in [2.24, 2.45) is 0 Å². The zero-order chi connectivity index (χ0) is 24.8. The topological polar surface area (TPSA) is 79.0 Å². The number of carbonyl (C=O) groups excluding carboxylic acids is 1. The van der Waals surface area contributed by atoms with Crippen molar-refractivity contribution in [2.45, 2.75) is 25.0 Å². The first-order valence-corrected chi connectivity index (χ1v) is 12.1. The lowest BCUT2D eigenvalue weighted by Crippen LogP contribution is -2.34. The third kappa shape index (κ3) is 5.58. The summed E-state index contributed by atoms with van der Waals surface area (Å²) in [5.41, 5.74) is 2.52. The molecule has 6 nitrogen and oxygen atoms in total. The molecule has 176 valence electrons. The van der Waals surface area contributed by atoms with Crippen molar-refractivity contribution >= 4 is 34.3 Å². The molecule has 4 rings (SSSR count). The van der Waals surface area contributed by atoms with Crippen LogP contribution in [-0.2, 0) is 11.3 Å². The number of anilines is 1. The molecule has 8 heteroatoms.